The lowest BCUT2D eigenvalue weighted by Gasteiger charge is -2.28. The molecule has 3 nitrogen and oxygen atoms in total. The van der Waals surface area contributed by atoms with E-state index >= 15 is 0 Å². The first-order valence-electron chi connectivity index (χ1n) is 7.29. The molecule has 3 N–H and O–H groups in total. The molecule has 0 amide bonds. The number of benzene rings is 1. The molecule has 0 spiro atoms. The first-order chi connectivity index (χ1) is 9.11. The summed E-state index contributed by atoms with van der Waals surface area (Å²) in [6.45, 7) is 6.49. The Morgan fingerprint density at radius 1 is 1.37 bits per heavy atom. The van der Waals surface area contributed by atoms with Gasteiger partial charge < -0.3 is 5.73 Å². The van der Waals surface area contributed by atoms with Gasteiger partial charge in [0.05, 0.1) is 0 Å². The molecule has 1 aromatic carbocycles. The van der Waals surface area contributed by atoms with Crippen molar-refractivity contribution in [3.05, 3.63) is 34.9 Å². The van der Waals surface area contributed by atoms with Crippen LogP contribution in [-0.2, 0) is 6.54 Å². The molecule has 0 aliphatic heterocycles. The highest BCUT2D eigenvalue weighted by Crippen LogP contribution is 2.25. The molecule has 1 aliphatic rings. The molecule has 0 radical (unpaired) electrons. The Hall–Kier alpha value is -1.35. The van der Waals surface area contributed by atoms with Crippen LogP contribution in [-0.4, -0.2) is 23.3 Å². The largest absolute Gasteiger partial charge is 0.384 e. The number of nitrogens with two attached hydrogens (primary N) is 1. The summed E-state index contributed by atoms with van der Waals surface area (Å²) in [6.07, 6.45) is 5.45. The molecule has 1 aromatic rings. The van der Waals surface area contributed by atoms with E-state index in [2.05, 4.69) is 24.8 Å². The van der Waals surface area contributed by atoms with Crippen LogP contribution in [0.3, 0.4) is 0 Å². The highest BCUT2D eigenvalue weighted by molar-refractivity contribution is 5.95. The first-order valence-corrected chi connectivity index (χ1v) is 7.29. The van der Waals surface area contributed by atoms with Gasteiger partial charge in [-0.1, -0.05) is 31.9 Å². The summed E-state index contributed by atoms with van der Waals surface area (Å²) in [5.41, 5.74) is 8.96. The van der Waals surface area contributed by atoms with E-state index in [1.807, 2.05) is 12.1 Å². The van der Waals surface area contributed by atoms with Crippen LogP contribution in [0.5, 0.6) is 0 Å². The van der Waals surface area contributed by atoms with Crippen molar-refractivity contribution in [3.8, 4) is 0 Å². The quantitative estimate of drug-likeness (QED) is 0.631. The maximum absolute atomic E-state index is 7.48. The summed E-state index contributed by atoms with van der Waals surface area (Å²) < 4.78 is 0. The van der Waals surface area contributed by atoms with Crippen molar-refractivity contribution in [1.82, 2.24) is 4.90 Å². The van der Waals surface area contributed by atoms with Crippen molar-refractivity contribution in [1.29, 1.82) is 5.41 Å². The molecule has 0 unspecified atom stereocenters. The van der Waals surface area contributed by atoms with Gasteiger partial charge in [-0.05, 0) is 43.5 Å². The summed E-state index contributed by atoms with van der Waals surface area (Å²) in [5, 5.41) is 7.48. The molecule has 0 heterocycles. The van der Waals surface area contributed by atoms with E-state index in [0.717, 1.165) is 24.7 Å². The van der Waals surface area contributed by atoms with Gasteiger partial charge >= 0.3 is 0 Å². The Morgan fingerprint density at radius 2 is 2.05 bits per heavy atom. The fourth-order valence-electron chi connectivity index (χ4n) is 3.03. The second-order valence-corrected chi connectivity index (χ2v) is 5.56. The molecule has 0 aromatic heterocycles. The number of amidine groups is 1. The van der Waals surface area contributed by atoms with E-state index < -0.39 is 0 Å². The van der Waals surface area contributed by atoms with Crippen molar-refractivity contribution < 1.29 is 0 Å². The number of hydrogen-bond acceptors (Lipinski definition) is 2. The normalized spacial score (nSPS) is 16.2. The standard InChI is InChI=1S/C16H25N3/c1-3-19(15-6-4-5-7-15)11-14-9-8-13(16(17)18)10-12(14)2/h8-10,15H,3-7,11H2,1-2H3,(H3,17,18). The summed E-state index contributed by atoms with van der Waals surface area (Å²) >= 11 is 0. The molecule has 1 fully saturated rings. The van der Waals surface area contributed by atoms with Gasteiger partial charge in [-0.25, -0.2) is 0 Å². The van der Waals surface area contributed by atoms with Crippen LogP contribution < -0.4 is 5.73 Å². The van der Waals surface area contributed by atoms with Crippen LogP contribution in [0, 0.1) is 12.3 Å². The summed E-state index contributed by atoms with van der Waals surface area (Å²) in [5.74, 6) is 0.151. The Kier molecular flexibility index (Phi) is 4.59. The molecule has 1 aliphatic carbocycles. The molecular weight excluding hydrogens is 234 g/mol. The lowest BCUT2D eigenvalue weighted by molar-refractivity contribution is 0.200. The second kappa shape index (κ2) is 6.20. The number of rotatable bonds is 5. The average molecular weight is 259 g/mol. The van der Waals surface area contributed by atoms with Crippen LogP contribution in [0.4, 0.5) is 0 Å². The third kappa shape index (κ3) is 3.35. The van der Waals surface area contributed by atoms with Crippen LogP contribution in [0.15, 0.2) is 18.2 Å². The molecule has 19 heavy (non-hydrogen) atoms. The Bertz CT molecular complexity index is 447. The molecule has 1 saturated carbocycles. The predicted molar refractivity (Wildman–Crippen MR) is 80.5 cm³/mol. The fourth-order valence-corrected chi connectivity index (χ4v) is 3.03. The van der Waals surface area contributed by atoms with E-state index in [9.17, 15) is 0 Å². The van der Waals surface area contributed by atoms with E-state index in [4.69, 9.17) is 11.1 Å². The van der Waals surface area contributed by atoms with Crippen LogP contribution >= 0.6 is 0 Å². The average Bonchev–Trinajstić information content (AvgIpc) is 2.91. The van der Waals surface area contributed by atoms with Crippen molar-refractivity contribution in [2.45, 2.75) is 52.1 Å². The van der Waals surface area contributed by atoms with Crippen molar-refractivity contribution in [2.75, 3.05) is 6.54 Å². The van der Waals surface area contributed by atoms with E-state index in [0.29, 0.717) is 0 Å². The molecule has 3 heteroatoms. The van der Waals surface area contributed by atoms with Crippen LogP contribution in [0.1, 0.15) is 49.3 Å². The minimum absolute atomic E-state index is 0.151. The Labute approximate surface area is 116 Å². The highest BCUT2D eigenvalue weighted by Gasteiger charge is 2.21. The Morgan fingerprint density at radius 3 is 2.58 bits per heavy atom. The predicted octanol–water partition coefficient (Wildman–Crippen LogP) is 3.04. The third-order valence-corrected chi connectivity index (χ3v) is 4.27. The Balaban J connectivity index is 2.10. The van der Waals surface area contributed by atoms with Crippen molar-refractivity contribution in [3.63, 3.8) is 0 Å². The minimum atomic E-state index is 0.151. The van der Waals surface area contributed by atoms with Crippen molar-refractivity contribution in [2.24, 2.45) is 5.73 Å². The van der Waals surface area contributed by atoms with E-state index in [-0.39, 0.29) is 5.84 Å². The van der Waals surface area contributed by atoms with Crippen LogP contribution in [0.25, 0.3) is 0 Å². The summed E-state index contributed by atoms with van der Waals surface area (Å²) in [7, 11) is 0. The van der Waals surface area contributed by atoms with Gasteiger partial charge in [0.15, 0.2) is 0 Å². The van der Waals surface area contributed by atoms with Crippen molar-refractivity contribution >= 4 is 5.84 Å². The highest BCUT2D eigenvalue weighted by atomic mass is 15.1. The number of nitrogen functional groups attached to an aromatic ring is 1. The van der Waals surface area contributed by atoms with Crippen LogP contribution in [0.2, 0.25) is 0 Å². The topological polar surface area (TPSA) is 53.1 Å². The number of hydrogen-bond donors (Lipinski definition) is 2. The number of nitrogens with one attached hydrogen (secondary N) is 1. The van der Waals surface area contributed by atoms with E-state index in [1.54, 1.807) is 0 Å². The van der Waals surface area contributed by atoms with Gasteiger partial charge in [-0.15, -0.1) is 0 Å². The summed E-state index contributed by atoms with van der Waals surface area (Å²) in [6, 6.07) is 6.88. The number of nitrogens with zero attached hydrogens (tertiary/aromatic N) is 1. The zero-order valence-corrected chi connectivity index (χ0v) is 12.1. The molecule has 2 rings (SSSR count). The maximum Gasteiger partial charge on any atom is 0.122 e. The zero-order valence-electron chi connectivity index (χ0n) is 12.1. The van der Waals surface area contributed by atoms with Gasteiger partial charge in [-0.2, -0.15) is 0 Å². The molecular formula is C16H25N3. The summed E-state index contributed by atoms with van der Waals surface area (Å²) in [4.78, 5) is 2.59. The zero-order chi connectivity index (χ0) is 13.8. The lowest BCUT2D eigenvalue weighted by atomic mass is 10.0. The smallest absolute Gasteiger partial charge is 0.122 e. The second-order valence-electron chi connectivity index (χ2n) is 5.56. The van der Waals surface area contributed by atoms with Gasteiger partial charge in [0.25, 0.3) is 0 Å². The molecule has 0 saturated heterocycles. The van der Waals surface area contributed by atoms with Gasteiger partial charge in [0.1, 0.15) is 5.84 Å². The fraction of sp³-hybridized carbons (Fsp3) is 0.562. The maximum atomic E-state index is 7.48. The van der Waals surface area contributed by atoms with E-state index in [1.165, 1.54) is 36.8 Å². The lowest BCUT2D eigenvalue weighted by Crippen LogP contribution is -2.32. The first kappa shape index (κ1) is 14.1. The SMILES string of the molecule is CCN(Cc1ccc(C(=N)N)cc1C)C1CCCC1. The van der Waals surface area contributed by atoms with Gasteiger partial charge in [-0.3, -0.25) is 10.3 Å². The number of aryl methyl sites for hydroxylation is 1. The van der Waals surface area contributed by atoms with Gasteiger partial charge in [0.2, 0.25) is 0 Å². The minimum Gasteiger partial charge on any atom is -0.384 e. The monoisotopic (exact) mass is 259 g/mol. The third-order valence-electron chi connectivity index (χ3n) is 4.27. The molecule has 0 bridgehead atoms. The molecule has 104 valence electrons. The molecule has 0 atom stereocenters. The van der Waals surface area contributed by atoms with Gasteiger partial charge in [0, 0.05) is 18.2 Å².